The Labute approximate surface area is 118 Å². The van der Waals surface area contributed by atoms with Gasteiger partial charge in [-0.2, -0.15) is 5.10 Å². The maximum atomic E-state index is 6.30. The molecule has 0 saturated carbocycles. The number of imidazole rings is 1. The molecule has 0 amide bonds. The van der Waals surface area contributed by atoms with Crippen molar-refractivity contribution >= 4 is 11.6 Å². The Balaban J connectivity index is 1.96. The highest BCUT2D eigenvalue weighted by molar-refractivity contribution is 6.30. The molecule has 0 fully saturated rings. The maximum absolute atomic E-state index is 6.30. The van der Waals surface area contributed by atoms with E-state index in [1.165, 1.54) is 0 Å². The van der Waals surface area contributed by atoms with Crippen molar-refractivity contribution in [2.75, 3.05) is 13.6 Å². The lowest BCUT2D eigenvalue weighted by Crippen LogP contribution is -2.23. The average Bonchev–Trinajstić information content (AvgIpc) is 3.00. The lowest BCUT2D eigenvalue weighted by Gasteiger charge is -2.17. The molecular weight excluding hydrogens is 262 g/mol. The summed E-state index contributed by atoms with van der Waals surface area (Å²) < 4.78 is 3.82. The van der Waals surface area contributed by atoms with Crippen LogP contribution in [0.4, 0.5) is 0 Å². The number of aromatic nitrogens is 4. The fourth-order valence-electron chi connectivity index (χ4n) is 2.09. The standard InChI is InChI=1S/C13H20ClN5/c1-4-12-11(13(14)18(3)16-12)9-17(2)7-8-19-6-5-15-10-19/h5-6,10H,4,7-9H2,1-3H3. The molecular formula is C13H20ClN5. The Morgan fingerprint density at radius 2 is 2.21 bits per heavy atom. The van der Waals surface area contributed by atoms with Gasteiger partial charge in [0.2, 0.25) is 0 Å². The molecule has 5 nitrogen and oxygen atoms in total. The number of rotatable bonds is 6. The quantitative estimate of drug-likeness (QED) is 0.813. The molecule has 2 aromatic heterocycles. The molecule has 2 rings (SSSR count). The largest absolute Gasteiger partial charge is 0.336 e. The molecule has 6 heteroatoms. The van der Waals surface area contributed by atoms with Crippen LogP contribution in [0.15, 0.2) is 18.7 Å². The molecule has 0 aromatic carbocycles. The summed E-state index contributed by atoms with van der Waals surface area (Å²) >= 11 is 6.30. The van der Waals surface area contributed by atoms with E-state index in [0.717, 1.165) is 42.5 Å². The number of hydrogen-bond donors (Lipinski definition) is 0. The van der Waals surface area contributed by atoms with Gasteiger partial charge in [0, 0.05) is 44.6 Å². The van der Waals surface area contributed by atoms with E-state index >= 15 is 0 Å². The molecule has 104 valence electrons. The molecule has 0 saturated heterocycles. The minimum atomic E-state index is 0.742. The summed E-state index contributed by atoms with van der Waals surface area (Å²) in [5.41, 5.74) is 2.22. The molecule has 0 aliphatic heterocycles. The average molecular weight is 282 g/mol. The highest BCUT2D eigenvalue weighted by Gasteiger charge is 2.14. The number of likely N-dealkylation sites (N-methyl/N-ethyl adjacent to an activating group) is 1. The van der Waals surface area contributed by atoms with Gasteiger partial charge in [-0.3, -0.25) is 4.68 Å². The third kappa shape index (κ3) is 3.36. The summed E-state index contributed by atoms with van der Waals surface area (Å²) in [6, 6.07) is 0. The molecule has 0 bridgehead atoms. The van der Waals surface area contributed by atoms with Gasteiger partial charge in [-0.15, -0.1) is 0 Å². The summed E-state index contributed by atoms with van der Waals surface area (Å²) in [6.45, 7) is 4.80. The Morgan fingerprint density at radius 3 is 2.84 bits per heavy atom. The number of nitrogens with zero attached hydrogens (tertiary/aromatic N) is 5. The van der Waals surface area contributed by atoms with Crippen molar-refractivity contribution < 1.29 is 0 Å². The first-order valence-corrected chi connectivity index (χ1v) is 6.84. The zero-order valence-electron chi connectivity index (χ0n) is 11.7. The van der Waals surface area contributed by atoms with Crippen LogP contribution in [0.2, 0.25) is 5.15 Å². The second-order valence-electron chi connectivity index (χ2n) is 4.73. The van der Waals surface area contributed by atoms with Crippen LogP contribution in [0.3, 0.4) is 0 Å². The van der Waals surface area contributed by atoms with E-state index in [0.29, 0.717) is 0 Å². The Kier molecular flexibility index (Phi) is 4.61. The van der Waals surface area contributed by atoms with Crippen LogP contribution in [0.25, 0.3) is 0 Å². The summed E-state index contributed by atoms with van der Waals surface area (Å²) in [5, 5.41) is 5.18. The van der Waals surface area contributed by atoms with E-state index in [1.54, 1.807) is 10.9 Å². The van der Waals surface area contributed by atoms with Gasteiger partial charge >= 0.3 is 0 Å². The highest BCUT2D eigenvalue weighted by Crippen LogP contribution is 2.21. The molecule has 0 radical (unpaired) electrons. The van der Waals surface area contributed by atoms with E-state index in [1.807, 2.05) is 19.6 Å². The van der Waals surface area contributed by atoms with E-state index in [4.69, 9.17) is 11.6 Å². The molecule has 0 aliphatic carbocycles. The minimum absolute atomic E-state index is 0.742. The van der Waals surface area contributed by atoms with Gasteiger partial charge in [0.05, 0.1) is 12.0 Å². The molecule has 19 heavy (non-hydrogen) atoms. The Morgan fingerprint density at radius 1 is 1.42 bits per heavy atom. The first-order chi connectivity index (χ1) is 9.11. The topological polar surface area (TPSA) is 38.9 Å². The second kappa shape index (κ2) is 6.21. The zero-order chi connectivity index (χ0) is 13.8. The summed E-state index contributed by atoms with van der Waals surface area (Å²) in [4.78, 5) is 6.29. The second-order valence-corrected chi connectivity index (χ2v) is 5.09. The Bertz CT molecular complexity index is 517. The fraction of sp³-hybridized carbons (Fsp3) is 0.538. The molecule has 0 unspecified atom stereocenters. The van der Waals surface area contributed by atoms with Crippen molar-refractivity contribution in [1.82, 2.24) is 24.2 Å². The van der Waals surface area contributed by atoms with Crippen LogP contribution in [0.1, 0.15) is 18.2 Å². The third-order valence-corrected chi connectivity index (χ3v) is 3.69. The minimum Gasteiger partial charge on any atom is -0.336 e. The van der Waals surface area contributed by atoms with Gasteiger partial charge in [0.15, 0.2) is 0 Å². The Hall–Kier alpha value is -1.33. The van der Waals surface area contributed by atoms with Gasteiger partial charge in [-0.1, -0.05) is 18.5 Å². The van der Waals surface area contributed by atoms with Crippen LogP contribution in [-0.4, -0.2) is 37.8 Å². The maximum Gasteiger partial charge on any atom is 0.131 e. The van der Waals surface area contributed by atoms with Gasteiger partial charge in [0.1, 0.15) is 5.15 Å². The predicted molar refractivity (Wildman–Crippen MR) is 76.2 cm³/mol. The molecule has 0 N–H and O–H groups in total. The van der Waals surface area contributed by atoms with E-state index in [9.17, 15) is 0 Å². The van der Waals surface area contributed by atoms with E-state index in [2.05, 4.69) is 33.5 Å². The normalized spacial score (nSPS) is 11.4. The number of aryl methyl sites for hydroxylation is 2. The highest BCUT2D eigenvalue weighted by atomic mass is 35.5. The van der Waals surface area contributed by atoms with Crippen LogP contribution in [-0.2, 0) is 26.6 Å². The number of halogens is 1. The zero-order valence-corrected chi connectivity index (χ0v) is 12.4. The SMILES string of the molecule is CCc1nn(C)c(Cl)c1CN(C)CCn1ccnc1. The lowest BCUT2D eigenvalue weighted by molar-refractivity contribution is 0.310. The van der Waals surface area contributed by atoms with Crippen molar-refractivity contribution in [3.05, 3.63) is 35.1 Å². The van der Waals surface area contributed by atoms with Gasteiger partial charge in [0.25, 0.3) is 0 Å². The van der Waals surface area contributed by atoms with Gasteiger partial charge in [-0.25, -0.2) is 4.98 Å². The lowest BCUT2D eigenvalue weighted by atomic mass is 10.2. The van der Waals surface area contributed by atoms with E-state index in [-0.39, 0.29) is 0 Å². The predicted octanol–water partition coefficient (Wildman–Crippen LogP) is 1.96. The molecule has 0 aliphatic rings. The molecule has 2 aromatic rings. The summed E-state index contributed by atoms with van der Waals surface area (Å²) in [5.74, 6) is 0. The van der Waals surface area contributed by atoms with Crippen molar-refractivity contribution in [3.63, 3.8) is 0 Å². The molecule has 2 heterocycles. The van der Waals surface area contributed by atoms with Crippen molar-refractivity contribution in [3.8, 4) is 0 Å². The van der Waals surface area contributed by atoms with Gasteiger partial charge < -0.3 is 9.47 Å². The fourth-order valence-corrected chi connectivity index (χ4v) is 2.30. The first-order valence-electron chi connectivity index (χ1n) is 6.46. The van der Waals surface area contributed by atoms with Gasteiger partial charge in [-0.05, 0) is 13.5 Å². The van der Waals surface area contributed by atoms with Crippen LogP contribution in [0, 0.1) is 0 Å². The first kappa shape index (κ1) is 14.1. The van der Waals surface area contributed by atoms with Crippen LogP contribution >= 0.6 is 11.6 Å². The smallest absolute Gasteiger partial charge is 0.131 e. The van der Waals surface area contributed by atoms with Crippen LogP contribution < -0.4 is 0 Å². The van der Waals surface area contributed by atoms with Crippen molar-refractivity contribution in [1.29, 1.82) is 0 Å². The van der Waals surface area contributed by atoms with Crippen molar-refractivity contribution in [2.45, 2.75) is 26.4 Å². The number of hydrogen-bond acceptors (Lipinski definition) is 3. The van der Waals surface area contributed by atoms with Crippen LogP contribution in [0.5, 0.6) is 0 Å². The van der Waals surface area contributed by atoms with Crippen molar-refractivity contribution in [2.24, 2.45) is 7.05 Å². The molecule has 0 spiro atoms. The summed E-state index contributed by atoms with van der Waals surface area (Å²) in [6.07, 6.45) is 6.52. The third-order valence-electron chi connectivity index (χ3n) is 3.21. The van der Waals surface area contributed by atoms with E-state index < -0.39 is 0 Å². The summed E-state index contributed by atoms with van der Waals surface area (Å²) in [7, 11) is 3.98. The molecule has 0 atom stereocenters. The monoisotopic (exact) mass is 281 g/mol.